The maximum atomic E-state index is 12.6. The van der Waals surface area contributed by atoms with Gasteiger partial charge in [-0.05, 0) is 68.1 Å². The summed E-state index contributed by atoms with van der Waals surface area (Å²) in [6.07, 6.45) is 3.91. The van der Waals surface area contributed by atoms with Crippen LogP contribution in [0.5, 0.6) is 5.75 Å². The topological polar surface area (TPSA) is 46.8 Å². The van der Waals surface area contributed by atoms with E-state index in [0.717, 1.165) is 22.3 Å². The van der Waals surface area contributed by atoms with Crippen LogP contribution in [0.25, 0.3) is 11.8 Å². The quantitative estimate of drug-likeness (QED) is 0.767. The third kappa shape index (κ3) is 3.49. The standard InChI is InChI=1S/C19H21N3O2S/c1-4-20-19-21(5-2)18(23)17(25-19)13-15-7-6-12-22(15)14-8-10-16(24-3)11-9-14/h6-13H,4-5H2,1-3H3/b17-13-,20-19?. The molecule has 0 bridgehead atoms. The third-order valence-electron chi connectivity index (χ3n) is 3.91. The van der Waals surface area contributed by atoms with Gasteiger partial charge in [0.2, 0.25) is 0 Å². The van der Waals surface area contributed by atoms with Gasteiger partial charge in [-0.15, -0.1) is 0 Å². The van der Waals surface area contributed by atoms with Crippen molar-refractivity contribution in [3.63, 3.8) is 0 Å². The number of carbonyl (C=O) groups is 1. The lowest BCUT2D eigenvalue weighted by atomic mass is 10.3. The molecular weight excluding hydrogens is 334 g/mol. The summed E-state index contributed by atoms with van der Waals surface area (Å²) >= 11 is 1.44. The van der Waals surface area contributed by atoms with Crippen molar-refractivity contribution in [2.24, 2.45) is 4.99 Å². The van der Waals surface area contributed by atoms with Gasteiger partial charge in [-0.2, -0.15) is 0 Å². The molecule has 0 aliphatic carbocycles. The number of ether oxygens (including phenoxy) is 1. The van der Waals surface area contributed by atoms with Gasteiger partial charge in [-0.25, -0.2) is 0 Å². The van der Waals surface area contributed by atoms with Crippen LogP contribution in [-0.4, -0.2) is 40.7 Å². The maximum Gasteiger partial charge on any atom is 0.266 e. The lowest BCUT2D eigenvalue weighted by molar-refractivity contribution is -0.122. The fourth-order valence-corrected chi connectivity index (χ4v) is 3.75. The minimum absolute atomic E-state index is 0.0159. The Kier molecular flexibility index (Phi) is 5.28. The number of benzene rings is 1. The molecule has 1 aliphatic rings. The Morgan fingerprint density at radius 2 is 1.96 bits per heavy atom. The van der Waals surface area contributed by atoms with Gasteiger partial charge < -0.3 is 9.30 Å². The van der Waals surface area contributed by atoms with Crippen LogP contribution >= 0.6 is 11.8 Å². The highest BCUT2D eigenvalue weighted by Crippen LogP contribution is 2.32. The van der Waals surface area contributed by atoms with Crippen LogP contribution in [0.4, 0.5) is 0 Å². The highest BCUT2D eigenvalue weighted by Gasteiger charge is 2.32. The van der Waals surface area contributed by atoms with Gasteiger partial charge in [0.15, 0.2) is 5.17 Å². The predicted octanol–water partition coefficient (Wildman–Crippen LogP) is 3.80. The van der Waals surface area contributed by atoms with Crippen LogP contribution in [0.3, 0.4) is 0 Å². The van der Waals surface area contributed by atoms with Crippen LogP contribution in [0.2, 0.25) is 0 Å². The number of likely N-dealkylation sites (N-methyl/N-ethyl adjacent to an activating group) is 1. The van der Waals surface area contributed by atoms with Crippen molar-refractivity contribution in [2.75, 3.05) is 20.2 Å². The van der Waals surface area contributed by atoms with E-state index in [-0.39, 0.29) is 5.91 Å². The second-order valence-corrected chi connectivity index (χ2v) is 6.43. The summed E-state index contributed by atoms with van der Waals surface area (Å²) in [5, 5.41) is 0.781. The minimum atomic E-state index is 0.0159. The zero-order valence-corrected chi connectivity index (χ0v) is 15.4. The number of thioether (sulfide) groups is 1. The van der Waals surface area contributed by atoms with Crippen molar-refractivity contribution in [2.45, 2.75) is 13.8 Å². The molecule has 25 heavy (non-hydrogen) atoms. The fraction of sp³-hybridized carbons (Fsp3) is 0.263. The number of aliphatic imine (C=N–C) groups is 1. The molecule has 3 rings (SSSR count). The van der Waals surface area contributed by atoms with Crippen molar-refractivity contribution >= 4 is 28.9 Å². The Bertz CT molecular complexity index is 821. The Morgan fingerprint density at radius 3 is 2.60 bits per heavy atom. The fourth-order valence-electron chi connectivity index (χ4n) is 2.66. The molecule has 6 heteroatoms. The van der Waals surface area contributed by atoms with Gasteiger partial charge in [0, 0.05) is 30.7 Å². The Hall–Kier alpha value is -2.47. The van der Waals surface area contributed by atoms with E-state index in [0.29, 0.717) is 18.0 Å². The Morgan fingerprint density at radius 1 is 1.20 bits per heavy atom. The number of rotatable bonds is 5. The van der Waals surface area contributed by atoms with E-state index in [4.69, 9.17) is 4.74 Å². The normalized spacial score (nSPS) is 17.7. The molecule has 2 heterocycles. The number of methoxy groups -OCH3 is 1. The molecule has 1 saturated heterocycles. The minimum Gasteiger partial charge on any atom is -0.497 e. The molecule has 130 valence electrons. The monoisotopic (exact) mass is 355 g/mol. The number of nitrogens with zero attached hydrogens (tertiary/aromatic N) is 3. The molecule has 0 N–H and O–H groups in total. The summed E-state index contributed by atoms with van der Waals surface area (Å²) in [5.41, 5.74) is 1.97. The summed E-state index contributed by atoms with van der Waals surface area (Å²) in [5.74, 6) is 0.832. The van der Waals surface area contributed by atoms with Crippen LogP contribution in [0, 0.1) is 0 Å². The van der Waals surface area contributed by atoms with Crippen LogP contribution in [0.1, 0.15) is 19.5 Å². The second-order valence-electron chi connectivity index (χ2n) is 5.42. The predicted molar refractivity (Wildman–Crippen MR) is 103 cm³/mol. The van der Waals surface area contributed by atoms with E-state index < -0.39 is 0 Å². The third-order valence-corrected chi connectivity index (χ3v) is 4.95. The summed E-state index contributed by atoms with van der Waals surface area (Å²) in [6.45, 7) is 5.23. The van der Waals surface area contributed by atoms with Gasteiger partial charge in [0.25, 0.3) is 5.91 Å². The first-order valence-electron chi connectivity index (χ1n) is 8.25. The van der Waals surface area contributed by atoms with E-state index >= 15 is 0 Å². The van der Waals surface area contributed by atoms with Gasteiger partial charge in [0.05, 0.1) is 12.0 Å². The van der Waals surface area contributed by atoms with Crippen LogP contribution in [-0.2, 0) is 4.79 Å². The zero-order chi connectivity index (χ0) is 17.8. The van der Waals surface area contributed by atoms with E-state index in [9.17, 15) is 4.79 Å². The Balaban J connectivity index is 1.93. The number of carbonyl (C=O) groups excluding carboxylic acids is 1. The molecule has 0 saturated carbocycles. The summed E-state index contributed by atoms with van der Waals surface area (Å²) in [4.78, 5) is 19.5. The molecule has 1 amide bonds. The average Bonchev–Trinajstić information content (AvgIpc) is 3.21. The lowest BCUT2D eigenvalue weighted by Crippen LogP contribution is -2.28. The molecule has 1 fully saturated rings. The number of hydrogen-bond acceptors (Lipinski definition) is 4. The molecule has 1 aliphatic heterocycles. The average molecular weight is 355 g/mol. The number of aromatic nitrogens is 1. The number of amidine groups is 1. The van der Waals surface area contributed by atoms with E-state index in [2.05, 4.69) is 4.99 Å². The largest absolute Gasteiger partial charge is 0.497 e. The molecule has 5 nitrogen and oxygen atoms in total. The smallest absolute Gasteiger partial charge is 0.266 e. The molecule has 0 atom stereocenters. The highest BCUT2D eigenvalue weighted by atomic mass is 32.2. The first kappa shape index (κ1) is 17.4. The van der Waals surface area contributed by atoms with Crippen molar-refractivity contribution in [3.8, 4) is 11.4 Å². The van der Waals surface area contributed by atoms with E-state index in [1.807, 2.05) is 67.1 Å². The van der Waals surface area contributed by atoms with E-state index in [1.54, 1.807) is 12.0 Å². The number of hydrogen-bond donors (Lipinski definition) is 0. The van der Waals surface area contributed by atoms with Gasteiger partial charge in [-0.3, -0.25) is 14.7 Å². The van der Waals surface area contributed by atoms with Crippen molar-refractivity contribution in [3.05, 3.63) is 53.2 Å². The SMILES string of the molecule is CCN=C1S/C(=C\c2cccn2-c2ccc(OC)cc2)C(=O)N1CC. The summed E-state index contributed by atoms with van der Waals surface area (Å²) < 4.78 is 7.26. The maximum absolute atomic E-state index is 12.6. The molecule has 2 aromatic rings. The molecule has 0 spiro atoms. The summed E-state index contributed by atoms with van der Waals surface area (Å²) in [7, 11) is 1.65. The van der Waals surface area contributed by atoms with Gasteiger partial charge in [0.1, 0.15) is 5.75 Å². The van der Waals surface area contributed by atoms with Gasteiger partial charge in [-0.1, -0.05) is 0 Å². The molecular formula is C19H21N3O2S. The molecule has 0 unspecified atom stereocenters. The summed E-state index contributed by atoms with van der Waals surface area (Å²) in [6, 6.07) is 11.8. The molecule has 1 aromatic heterocycles. The van der Waals surface area contributed by atoms with E-state index in [1.165, 1.54) is 11.8 Å². The highest BCUT2D eigenvalue weighted by molar-refractivity contribution is 8.18. The molecule has 0 radical (unpaired) electrons. The lowest BCUT2D eigenvalue weighted by Gasteiger charge is -2.11. The number of amides is 1. The van der Waals surface area contributed by atoms with Crippen molar-refractivity contribution in [1.29, 1.82) is 0 Å². The zero-order valence-electron chi connectivity index (χ0n) is 14.6. The van der Waals surface area contributed by atoms with Gasteiger partial charge >= 0.3 is 0 Å². The first-order chi connectivity index (χ1) is 12.2. The van der Waals surface area contributed by atoms with Crippen molar-refractivity contribution in [1.82, 2.24) is 9.47 Å². The van der Waals surface area contributed by atoms with Crippen LogP contribution < -0.4 is 4.74 Å². The first-order valence-corrected chi connectivity index (χ1v) is 9.07. The second kappa shape index (κ2) is 7.61. The molecule has 1 aromatic carbocycles. The van der Waals surface area contributed by atoms with Crippen molar-refractivity contribution < 1.29 is 9.53 Å². The Labute approximate surface area is 152 Å². The van der Waals surface area contributed by atoms with Crippen LogP contribution in [0.15, 0.2) is 52.5 Å².